The third kappa shape index (κ3) is 4.18. The van der Waals surface area contributed by atoms with Crippen molar-refractivity contribution in [2.75, 3.05) is 5.32 Å². The van der Waals surface area contributed by atoms with Crippen molar-refractivity contribution in [1.29, 1.82) is 0 Å². The Morgan fingerprint density at radius 3 is 2.30 bits per heavy atom. The summed E-state index contributed by atoms with van der Waals surface area (Å²) in [6.45, 7) is -3.39. The van der Waals surface area contributed by atoms with Gasteiger partial charge in [0, 0.05) is 10.9 Å². The summed E-state index contributed by atoms with van der Waals surface area (Å²) in [6.07, 6.45) is -4.26. The van der Waals surface area contributed by atoms with Gasteiger partial charge in [0.2, 0.25) is 24.0 Å². The third-order valence-corrected chi connectivity index (χ3v) is 3.77. The quantitative estimate of drug-likeness (QED) is 0.382. The van der Waals surface area contributed by atoms with Gasteiger partial charge >= 0.3 is 12.8 Å². The van der Waals surface area contributed by atoms with Gasteiger partial charge in [-0.2, -0.15) is 35.5 Å². The van der Waals surface area contributed by atoms with E-state index in [0.717, 1.165) is 18.2 Å². The molecule has 1 amide bonds. The Hall–Kier alpha value is -3.64. The van der Waals surface area contributed by atoms with Gasteiger partial charge in [-0.25, -0.2) is 4.98 Å². The molecule has 0 unspecified atom stereocenters. The van der Waals surface area contributed by atoms with E-state index in [4.69, 9.17) is 0 Å². The Morgan fingerprint density at radius 2 is 1.73 bits per heavy atom. The predicted octanol–water partition coefficient (Wildman–Crippen LogP) is 4.02. The highest BCUT2D eigenvalue weighted by molar-refractivity contribution is 6.13. The molecule has 1 aromatic carbocycles. The molecule has 13 heteroatoms. The number of aromatic nitrogens is 2. The van der Waals surface area contributed by atoms with E-state index < -0.39 is 58.5 Å². The van der Waals surface area contributed by atoms with E-state index in [-0.39, 0.29) is 10.1 Å². The lowest BCUT2D eigenvalue weighted by molar-refractivity contribution is -0.608. The number of fused-ring (bicyclic) bond motifs is 1. The number of hydrogen-bond acceptors (Lipinski definition) is 4. The monoisotopic (exact) mass is 435 g/mol. The fraction of sp³-hybridized carbons (Fsp3) is 0.118. The van der Waals surface area contributed by atoms with Crippen molar-refractivity contribution < 1.29 is 45.0 Å². The van der Waals surface area contributed by atoms with Crippen molar-refractivity contribution in [1.82, 2.24) is 4.98 Å². The van der Waals surface area contributed by atoms with Crippen molar-refractivity contribution in [3.05, 3.63) is 64.8 Å². The first kappa shape index (κ1) is 21.1. The molecule has 1 N–H and O–H groups in total. The molecule has 30 heavy (non-hydrogen) atoms. The molecule has 0 spiro atoms. The first-order valence-electron chi connectivity index (χ1n) is 7.82. The maximum atomic E-state index is 13.8. The summed E-state index contributed by atoms with van der Waals surface area (Å²) in [7, 11) is 0. The zero-order chi connectivity index (χ0) is 22.2. The molecule has 0 aliphatic carbocycles. The summed E-state index contributed by atoms with van der Waals surface area (Å²) in [5.74, 6) is -4.78. The number of hydrogen-bond donors (Lipinski definition) is 1. The number of ether oxygens (including phenoxy) is 1. The molecule has 0 aliphatic heterocycles. The Morgan fingerprint density at radius 1 is 1.10 bits per heavy atom. The Balaban J connectivity index is 2.11. The number of anilines is 1. The van der Waals surface area contributed by atoms with Gasteiger partial charge in [0.25, 0.3) is 5.91 Å². The fourth-order valence-electron chi connectivity index (χ4n) is 2.54. The molecule has 3 rings (SSSR count). The first-order valence-corrected chi connectivity index (χ1v) is 7.82. The topological polar surface area (TPSA) is 78.2 Å². The Kier molecular flexibility index (Phi) is 5.37. The molecular weight excluding hydrogens is 427 g/mol. The molecule has 0 bridgehead atoms. The van der Waals surface area contributed by atoms with Crippen LogP contribution in [0, 0.1) is 16.8 Å². The molecule has 0 saturated carbocycles. The van der Waals surface area contributed by atoms with Crippen LogP contribution in [-0.4, -0.2) is 17.5 Å². The fourth-order valence-corrected chi connectivity index (χ4v) is 2.54. The van der Waals surface area contributed by atoms with E-state index in [1.165, 1.54) is 0 Å². The van der Waals surface area contributed by atoms with Gasteiger partial charge in [0.05, 0.1) is 0 Å². The largest absolute Gasteiger partial charge is 0.619 e. The first-order chi connectivity index (χ1) is 14.0. The molecular formula is C17H8F7N3O3. The second kappa shape index (κ2) is 7.65. The van der Waals surface area contributed by atoms with E-state index in [2.05, 4.69) is 9.72 Å². The summed E-state index contributed by atoms with van der Waals surface area (Å²) in [6, 6.07) is 2.94. The van der Waals surface area contributed by atoms with Gasteiger partial charge in [0.15, 0.2) is 5.75 Å². The lowest BCUT2D eigenvalue weighted by Crippen LogP contribution is -2.28. The van der Waals surface area contributed by atoms with Crippen LogP contribution in [-0.2, 0) is 6.18 Å². The second-order valence-corrected chi connectivity index (χ2v) is 5.72. The number of carbonyl (C=O) groups excluding carboxylic acids is 1. The average Bonchev–Trinajstić information content (AvgIpc) is 2.63. The van der Waals surface area contributed by atoms with Crippen LogP contribution in [0.2, 0.25) is 0 Å². The number of benzene rings is 1. The predicted molar refractivity (Wildman–Crippen MR) is 86.6 cm³/mol. The van der Waals surface area contributed by atoms with Gasteiger partial charge in [-0.15, -0.1) is 0 Å². The summed E-state index contributed by atoms with van der Waals surface area (Å²) in [4.78, 5) is 15.7. The minimum Gasteiger partial charge on any atom is -0.619 e. The van der Waals surface area contributed by atoms with Crippen LogP contribution in [0.5, 0.6) is 5.75 Å². The minimum atomic E-state index is -4.92. The molecule has 158 valence electrons. The van der Waals surface area contributed by atoms with Crippen molar-refractivity contribution in [2.45, 2.75) is 12.8 Å². The molecule has 0 saturated heterocycles. The summed E-state index contributed by atoms with van der Waals surface area (Å²) >= 11 is 0. The summed E-state index contributed by atoms with van der Waals surface area (Å²) in [5, 5.41) is 12.5. The van der Waals surface area contributed by atoms with Crippen LogP contribution < -0.4 is 14.8 Å². The number of carbonyl (C=O) groups is 1. The van der Waals surface area contributed by atoms with Crippen molar-refractivity contribution in [2.24, 2.45) is 0 Å². The highest BCUT2D eigenvalue weighted by atomic mass is 19.4. The van der Waals surface area contributed by atoms with Gasteiger partial charge in [-0.05, 0) is 24.3 Å². The maximum Gasteiger partial charge on any atom is 0.433 e. The van der Waals surface area contributed by atoms with Crippen LogP contribution in [0.4, 0.5) is 36.4 Å². The minimum absolute atomic E-state index is 0.186. The molecule has 0 aliphatic rings. The standard InChI is InChI=1S/C17H8F7N3O3/c18-9-5-27(29)6-10(19)14(9)26-15(28)8-1-3-11(30-16(20)21)13-7(8)2-4-12(25-13)17(22,23)24/h1-6,16H,(H,26,28). The summed E-state index contributed by atoms with van der Waals surface area (Å²) in [5.41, 5.74) is -3.59. The van der Waals surface area contributed by atoms with Gasteiger partial charge in [0.1, 0.15) is 16.9 Å². The van der Waals surface area contributed by atoms with Crippen LogP contribution in [0.1, 0.15) is 16.1 Å². The number of alkyl halides is 5. The Labute approximate surface area is 162 Å². The van der Waals surface area contributed by atoms with E-state index in [0.29, 0.717) is 18.5 Å². The number of halogens is 7. The molecule has 2 heterocycles. The zero-order valence-corrected chi connectivity index (χ0v) is 14.3. The highest BCUT2D eigenvalue weighted by Gasteiger charge is 2.33. The normalized spacial score (nSPS) is 11.7. The molecule has 2 aromatic heterocycles. The van der Waals surface area contributed by atoms with Gasteiger partial charge in [-0.3, -0.25) is 4.79 Å². The van der Waals surface area contributed by atoms with Crippen molar-refractivity contribution in [3.63, 3.8) is 0 Å². The Bertz CT molecular complexity index is 1110. The zero-order valence-electron chi connectivity index (χ0n) is 14.3. The summed E-state index contributed by atoms with van der Waals surface area (Å²) < 4.78 is 95.5. The second-order valence-electron chi connectivity index (χ2n) is 5.72. The number of amides is 1. The third-order valence-electron chi connectivity index (χ3n) is 3.77. The molecule has 0 atom stereocenters. The number of pyridine rings is 2. The van der Waals surface area contributed by atoms with Crippen LogP contribution >= 0.6 is 0 Å². The smallest absolute Gasteiger partial charge is 0.433 e. The van der Waals surface area contributed by atoms with E-state index in [9.17, 15) is 40.7 Å². The SMILES string of the molecule is O=C(Nc1c(F)c[n+]([O-])cc1F)c1ccc(OC(F)F)c2nc(C(F)(F)F)ccc12. The van der Waals surface area contributed by atoms with Crippen LogP contribution in [0.25, 0.3) is 10.9 Å². The lowest BCUT2D eigenvalue weighted by Gasteiger charge is -2.14. The average molecular weight is 435 g/mol. The highest BCUT2D eigenvalue weighted by Crippen LogP contribution is 2.34. The van der Waals surface area contributed by atoms with E-state index in [1.54, 1.807) is 0 Å². The maximum absolute atomic E-state index is 13.8. The van der Waals surface area contributed by atoms with Gasteiger partial charge < -0.3 is 15.3 Å². The number of nitrogens with zero attached hydrogens (tertiary/aromatic N) is 2. The molecule has 3 aromatic rings. The van der Waals surface area contributed by atoms with Gasteiger partial charge in [-0.1, -0.05) is 0 Å². The van der Waals surface area contributed by atoms with Crippen LogP contribution in [0.3, 0.4) is 0 Å². The van der Waals surface area contributed by atoms with Crippen molar-refractivity contribution >= 4 is 22.5 Å². The molecule has 0 fully saturated rings. The van der Waals surface area contributed by atoms with E-state index in [1.807, 2.05) is 5.32 Å². The number of nitrogens with one attached hydrogen (secondary N) is 1. The van der Waals surface area contributed by atoms with Crippen molar-refractivity contribution in [3.8, 4) is 5.75 Å². The molecule has 6 nitrogen and oxygen atoms in total. The number of rotatable bonds is 4. The lowest BCUT2D eigenvalue weighted by atomic mass is 10.1. The van der Waals surface area contributed by atoms with E-state index >= 15 is 0 Å². The molecule has 0 radical (unpaired) electrons. The van der Waals surface area contributed by atoms with Crippen LogP contribution in [0.15, 0.2) is 36.7 Å².